The topological polar surface area (TPSA) is 4.93 Å². The standard InChI is InChI=1S/C21H19N/c1-14-12-15(2)21(16(3)13-14)22-19-10-6-4-8-17(19)18-9-5-7-11-20(18)22/h4-13H,1-3H3. The van der Waals surface area contributed by atoms with E-state index in [0.29, 0.717) is 0 Å². The van der Waals surface area contributed by atoms with Crippen LogP contribution in [0.4, 0.5) is 0 Å². The Morgan fingerprint density at radius 1 is 0.636 bits per heavy atom. The van der Waals surface area contributed by atoms with Gasteiger partial charge in [-0.1, -0.05) is 54.1 Å². The average Bonchev–Trinajstić information content (AvgIpc) is 2.82. The summed E-state index contributed by atoms with van der Waals surface area (Å²) < 4.78 is 2.41. The van der Waals surface area contributed by atoms with Gasteiger partial charge >= 0.3 is 0 Å². The maximum absolute atomic E-state index is 2.41. The lowest BCUT2D eigenvalue weighted by Gasteiger charge is -2.15. The van der Waals surface area contributed by atoms with Gasteiger partial charge in [0, 0.05) is 10.8 Å². The first-order valence-corrected chi connectivity index (χ1v) is 7.73. The Morgan fingerprint density at radius 3 is 1.59 bits per heavy atom. The van der Waals surface area contributed by atoms with Gasteiger partial charge in [0.2, 0.25) is 0 Å². The molecular formula is C21H19N. The second-order valence-electron chi connectivity index (χ2n) is 6.12. The molecule has 22 heavy (non-hydrogen) atoms. The Morgan fingerprint density at radius 2 is 1.09 bits per heavy atom. The number of para-hydroxylation sites is 2. The van der Waals surface area contributed by atoms with Crippen molar-refractivity contribution < 1.29 is 0 Å². The van der Waals surface area contributed by atoms with E-state index in [0.717, 1.165) is 0 Å². The van der Waals surface area contributed by atoms with Crippen LogP contribution in [0.25, 0.3) is 27.5 Å². The van der Waals surface area contributed by atoms with Gasteiger partial charge in [-0.2, -0.15) is 0 Å². The lowest BCUT2D eigenvalue weighted by molar-refractivity contribution is 1.11. The molecule has 0 spiro atoms. The molecule has 0 unspecified atom stereocenters. The SMILES string of the molecule is Cc1cc(C)c(-n2c3ccccc3c3ccccc32)c(C)c1. The Balaban J connectivity index is 2.23. The van der Waals surface area contributed by atoms with E-state index in [1.807, 2.05) is 0 Å². The summed E-state index contributed by atoms with van der Waals surface area (Å²) in [4.78, 5) is 0. The molecule has 1 heteroatoms. The molecule has 1 heterocycles. The summed E-state index contributed by atoms with van der Waals surface area (Å²) >= 11 is 0. The summed E-state index contributed by atoms with van der Waals surface area (Å²) in [5.74, 6) is 0. The highest BCUT2D eigenvalue weighted by atomic mass is 15.0. The third kappa shape index (κ3) is 1.79. The minimum Gasteiger partial charge on any atom is -0.309 e. The summed E-state index contributed by atoms with van der Waals surface area (Å²) in [6.07, 6.45) is 0. The number of hydrogen-bond acceptors (Lipinski definition) is 0. The fraction of sp³-hybridized carbons (Fsp3) is 0.143. The van der Waals surface area contributed by atoms with Gasteiger partial charge in [0.15, 0.2) is 0 Å². The third-order valence-electron chi connectivity index (χ3n) is 4.44. The Labute approximate surface area is 130 Å². The van der Waals surface area contributed by atoms with Crippen LogP contribution < -0.4 is 0 Å². The number of hydrogen-bond donors (Lipinski definition) is 0. The van der Waals surface area contributed by atoms with E-state index in [1.165, 1.54) is 44.2 Å². The molecule has 0 amide bonds. The lowest BCUT2D eigenvalue weighted by atomic mass is 10.0. The molecule has 0 aliphatic heterocycles. The first-order chi connectivity index (χ1) is 10.7. The van der Waals surface area contributed by atoms with E-state index in [1.54, 1.807) is 0 Å². The van der Waals surface area contributed by atoms with Gasteiger partial charge in [-0.25, -0.2) is 0 Å². The van der Waals surface area contributed by atoms with Crippen LogP contribution in [-0.4, -0.2) is 4.57 Å². The van der Waals surface area contributed by atoms with Gasteiger partial charge in [-0.05, 0) is 44.0 Å². The summed E-state index contributed by atoms with van der Waals surface area (Å²) in [7, 11) is 0. The predicted octanol–water partition coefficient (Wildman–Crippen LogP) is 5.71. The van der Waals surface area contributed by atoms with Crippen LogP contribution in [0.1, 0.15) is 16.7 Å². The molecular weight excluding hydrogens is 266 g/mol. The van der Waals surface area contributed by atoms with Crippen LogP contribution in [0.15, 0.2) is 60.7 Å². The summed E-state index contributed by atoms with van der Waals surface area (Å²) in [6, 6.07) is 21.9. The number of benzene rings is 3. The Hall–Kier alpha value is -2.54. The smallest absolute Gasteiger partial charge is 0.0541 e. The number of nitrogens with zero attached hydrogens (tertiary/aromatic N) is 1. The molecule has 0 atom stereocenters. The summed E-state index contributed by atoms with van der Waals surface area (Å²) in [5, 5.41) is 2.63. The Bertz CT molecular complexity index is 929. The number of aromatic nitrogens is 1. The molecule has 108 valence electrons. The van der Waals surface area contributed by atoms with Crippen molar-refractivity contribution in [2.75, 3.05) is 0 Å². The zero-order chi connectivity index (χ0) is 15.3. The number of aryl methyl sites for hydroxylation is 3. The maximum Gasteiger partial charge on any atom is 0.0541 e. The van der Waals surface area contributed by atoms with E-state index in [9.17, 15) is 0 Å². The van der Waals surface area contributed by atoms with Crippen molar-refractivity contribution in [2.24, 2.45) is 0 Å². The molecule has 0 saturated heterocycles. The highest BCUT2D eigenvalue weighted by Gasteiger charge is 2.14. The first kappa shape index (κ1) is 13.1. The van der Waals surface area contributed by atoms with Crippen molar-refractivity contribution in [3.8, 4) is 5.69 Å². The van der Waals surface area contributed by atoms with Gasteiger partial charge in [-0.15, -0.1) is 0 Å². The molecule has 1 aromatic heterocycles. The van der Waals surface area contributed by atoms with Crippen molar-refractivity contribution in [1.29, 1.82) is 0 Å². The van der Waals surface area contributed by atoms with Gasteiger partial charge in [0.25, 0.3) is 0 Å². The first-order valence-electron chi connectivity index (χ1n) is 7.73. The predicted molar refractivity (Wildman–Crippen MR) is 95.0 cm³/mol. The summed E-state index contributed by atoms with van der Waals surface area (Å²) in [6.45, 7) is 6.58. The van der Waals surface area contributed by atoms with Crippen molar-refractivity contribution in [3.05, 3.63) is 77.4 Å². The van der Waals surface area contributed by atoms with Crippen LogP contribution in [0.3, 0.4) is 0 Å². The van der Waals surface area contributed by atoms with E-state index in [-0.39, 0.29) is 0 Å². The zero-order valence-electron chi connectivity index (χ0n) is 13.2. The van der Waals surface area contributed by atoms with Gasteiger partial charge in [0.1, 0.15) is 0 Å². The third-order valence-corrected chi connectivity index (χ3v) is 4.44. The fourth-order valence-corrected chi connectivity index (χ4v) is 3.69. The molecule has 0 fully saturated rings. The van der Waals surface area contributed by atoms with Gasteiger partial charge in [0.05, 0.1) is 16.7 Å². The van der Waals surface area contributed by atoms with Crippen LogP contribution in [0, 0.1) is 20.8 Å². The highest BCUT2D eigenvalue weighted by Crippen LogP contribution is 2.34. The number of rotatable bonds is 1. The van der Waals surface area contributed by atoms with Crippen molar-refractivity contribution in [3.63, 3.8) is 0 Å². The molecule has 4 aromatic rings. The molecule has 4 rings (SSSR count). The quantitative estimate of drug-likeness (QED) is 0.422. The van der Waals surface area contributed by atoms with E-state index < -0.39 is 0 Å². The molecule has 0 aliphatic rings. The average molecular weight is 285 g/mol. The molecule has 3 aromatic carbocycles. The van der Waals surface area contributed by atoms with Crippen molar-refractivity contribution >= 4 is 21.8 Å². The van der Waals surface area contributed by atoms with Gasteiger partial charge in [-0.3, -0.25) is 0 Å². The Kier molecular flexibility index (Phi) is 2.83. The van der Waals surface area contributed by atoms with E-state index in [4.69, 9.17) is 0 Å². The molecule has 0 N–H and O–H groups in total. The molecule has 0 radical (unpaired) electrons. The number of fused-ring (bicyclic) bond motifs is 3. The second-order valence-corrected chi connectivity index (χ2v) is 6.12. The second kappa shape index (κ2) is 4.74. The summed E-state index contributed by atoms with van der Waals surface area (Å²) in [5.41, 5.74) is 7.83. The van der Waals surface area contributed by atoms with Crippen LogP contribution in [-0.2, 0) is 0 Å². The minimum atomic E-state index is 1.28. The van der Waals surface area contributed by atoms with Crippen molar-refractivity contribution in [2.45, 2.75) is 20.8 Å². The monoisotopic (exact) mass is 285 g/mol. The molecule has 0 aliphatic carbocycles. The normalized spacial score (nSPS) is 11.4. The highest BCUT2D eigenvalue weighted by molar-refractivity contribution is 6.09. The van der Waals surface area contributed by atoms with Crippen LogP contribution in [0.2, 0.25) is 0 Å². The van der Waals surface area contributed by atoms with Crippen LogP contribution in [0.5, 0.6) is 0 Å². The molecule has 1 nitrogen and oxygen atoms in total. The van der Waals surface area contributed by atoms with E-state index in [2.05, 4.69) is 86.0 Å². The zero-order valence-corrected chi connectivity index (χ0v) is 13.2. The maximum atomic E-state index is 2.41. The van der Waals surface area contributed by atoms with Crippen LogP contribution >= 0.6 is 0 Å². The minimum absolute atomic E-state index is 1.28. The van der Waals surface area contributed by atoms with E-state index >= 15 is 0 Å². The van der Waals surface area contributed by atoms with Gasteiger partial charge < -0.3 is 4.57 Å². The molecule has 0 saturated carbocycles. The van der Waals surface area contributed by atoms with Crippen molar-refractivity contribution in [1.82, 2.24) is 4.57 Å². The fourth-order valence-electron chi connectivity index (χ4n) is 3.69. The largest absolute Gasteiger partial charge is 0.309 e. The lowest BCUT2D eigenvalue weighted by Crippen LogP contribution is -2.00. The molecule has 0 bridgehead atoms.